The number of rotatable bonds is 7. The Hall–Kier alpha value is -3.42. The van der Waals surface area contributed by atoms with Crippen molar-refractivity contribution in [1.82, 2.24) is 14.9 Å². The molecule has 8 nitrogen and oxygen atoms in total. The van der Waals surface area contributed by atoms with Crippen LogP contribution in [0.25, 0.3) is 11.0 Å². The highest BCUT2D eigenvalue weighted by Crippen LogP contribution is 2.24. The molecular formula is C20H22N4O4. The predicted molar refractivity (Wildman–Crippen MR) is 105 cm³/mol. The topological polar surface area (TPSA) is 99.3 Å². The number of para-hydroxylation sites is 1. The van der Waals surface area contributed by atoms with E-state index >= 15 is 0 Å². The number of hydrogen-bond donors (Lipinski definition) is 1. The number of imidazole rings is 1. The van der Waals surface area contributed by atoms with Crippen molar-refractivity contribution in [2.45, 2.75) is 39.5 Å². The molecule has 0 fully saturated rings. The minimum Gasteiger partial charge on any atom is -0.491 e. The van der Waals surface area contributed by atoms with Gasteiger partial charge < -0.3 is 14.6 Å². The molecule has 0 aliphatic rings. The highest BCUT2D eigenvalue weighted by atomic mass is 16.6. The molecule has 146 valence electrons. The summed E-state index contributed by atoms with van der Waals surface area (Å²) in [4.78, 5) is 27.4. The van der Waals surface area contributed by atoms with Crippen LogP contribution in [0.4, 0.5) is 5.69 Å². The van der Waals surface area contributed by atoms with Crippen LogP contribution in [0, 0.1) is 10.1 Å². The molecule has 0 spiro atoms. The summed E-state index contributed by atoms with van der Waals surface area (Å²) in [7, 11) is 0. The van der Waals surface area contributed by atoms with Gasteiger partial charge in [-0.3, -0.25) is 14.9 Å². The van der Waals surface area contributed by atoms with Crippen LogP contribution in [0.15, 0.2) is 48.8 Å². The minimum absolute atomic E-state index is 0.0553. The maximum atomic E-state index is 12.5. The SMILES string of the molecule is CC(C)Oc1ccc([C@H](C)NC(=O)Cn2cnc3cccc([N+](=O)[O-])c32)cc1. The second-order valence-corrected chi connectivity index (χ2v) is 6.80. The third kappa shape index (κ3) is 4.28. The van der Waals surface area contributed by atoms with E-state index in [2.05, 4.69) is 10.3 Å². The Kier molecular flexibility index (Phi) is 5.58. The van der Waals surface area contributed by atoms with Gasteiger partial charge in [-0.15, -0.1) is 0 Å². The highest BCUT2D eigenvalue weighted by Gasteiger charge is 2.18. The van der Waals surface area contributed by atoms with Crippen molar-refractivity contribution >= 4 is 22.6 Å². The normalized spacial score (nSPS) is 12.1. The lowest BCUT2D eigenvalue weighted by Crippen LogP contribution is -2.30. The van der Waals surface area contributed by atoms with Crippen molar-refractivity contribution in [3.05, 3.63) is 64.5 Å². The monoisotopic (exact) mass is 382 g/mol. The number of nitrogens with one attached hydrogen (secondary N) is 1. The van der Waals surface area contributed by atoms with E-state index in [0.29, 0.717) is 11.0 Å². The first-order valence-corrected chi connectivity index (χ1v) is 8.99. The van der Waals surface area contributed by atoms with Gasteiger partial charge in [0.25, 0.3) is 5.69 Å². The molecule has 1 N–H and O–H groups in total. The number of hydrogen-bond acceptors (Lipinski definition) is 5. The van der Waals surface area contributed by atoms with E-state index in [1.807, 2.05) is 45.0 Å². The van der Waals surface area contributed by atoms with Gasteiger partial charge >= 0.3 is 0 Å². The average molecular weight is 382 g/mol. The summed E-state index contributed by atoms with van der Waals surface area (Å²) in [6.45, 7) is 5.74. The average Bonchev–Trinajstić information content (AvgIpc) is 3.04. The first kappa shape index (κ1) is 19.3. The molecule has 1 amide bonds. The number of nitro groups is 1. The fraction of sp³-hybridized carbons (Fsp3) is 0.300. The Bertz CT molecular complexity index is 995. The first-order chi connectivity index (χ1) is 13.3. The number of nitro benzene ring substituents is 1. The Morgan fingerprint density at radius 1 is 1.21 bits per heavy atom. The molecule has 28 heavy (non-hydrogen) atoms. The van der Waals surface area contributed by atoms with Crippen molar-refractivity contribution in [3.63, 3.8) is 0 Å². The molecule has 0 radical (unpaired) electrons. The summed E-state index contributed by atoms with van der Waals surface area (Å²) in [5.74, 6) is 0.516. The van der Waals surface area contributed by atoms with E-state index in [0.717, 1.165) is 11.3 Å². The van der Waals surface area contributed by atoms with E-state index in [4.69, 9.17) is 4.74 Å². The minimum atomic E-state index is -0.470. The molecule has 8 heteroatoms. The van der Waals surface area contributed by atoms with E-state index in [-0.39, 0.29) is 30.3 Å². The fourth-order valence-corrected chi connectivity index (χ4v) is 3.01. The second-order valence-electron chi connectivity index (χ2n) is 6.80. The largest absolute Gasteiger partial charge is 0.491 e. The van der Waals surface area contributed by atoms with E-state index in [1.54, 1.807) is 12.1 Å². The molecule has 3 aromatic rings. The molecule has 0 unspecified atom stereocenters. The highest BCUT2D eigenvalue weighted by molar-refractivity contribution is 5.87. The Balaban J connectivity index is 1.70. The first-order valence-electron chi connectivity index (χ1n) is 8.99. The number of ether oxygens (including phenoxy) is 1. The number of carbonyl (C=O) groups excluding carboxylic acids is 1. The van der Waals surface area contributed by atoms with Crippen LogP contribution in [-0.2, 0) is 11.3 Å². The van der Waals surface area contributed by atoms with Crippen LogP contribution >= 0.6 is 0 Å². The lowest BCUT2D eigenvalue weighted by atomic mass is 10.1. The van der Waals surface area contributed by atoms with E-state index in [1.165, 1.54) is 17.0 Å². The Morgan fingerprint density at radius 2 is 1.93 bits per heavy atom. The molecule has 0 saturated heterocycles. The lowest BCUT2D eigenvalue weighted by molar-refractivity contribution is -0.383. The summed E-state index contributed by atoms with van der Waals surface area (Å²) in [6, 6.07) is 12.0. The van der Waals surface area contributed by atoms with Crippen LogP contribution in [0.2, 0.25) is 0 Å². The van der Waals surface area contributed by atoms with Gasteiger partial charge in [0, 0.05) is 6.07 Å². The van der Waals surface area contributed by atoms with Crippen molar-refractivity contribution in [1.29, 1.82) is 0 Å². The molecule has 1 atom stereocenters. The quantitative estimate of drug-likeness (QED) is 0.497. The number of fused-ring (bicyclic) bond motifs is 1. The number of carbonyl (C=O) groups is 1. The molecule has 0 bridgehead atoms. The number of benzene rings is 2. The Morgan fingerprint density at radius 3 is 2.57 bits per heavy atom. The lowest BCUT2D eigenvalue weighted by Gasteiger charge is -2.16. The molecular weight excluding hydrogens is 360 g/mol. The molecule has 1 heterocycles. The number of nitrogens with zero attached hydrogens (tertiary/aromatic N) is 3. The zero-order valence-electron chi connectivity index (χ0n) is 16.0. The maximum Gasteiger partial charge on any atom is 0.295 e. The third-order valence-electron chi connectivity index (χ3n) is 4.26. The summed E-state index contributed by atoms with van der Waals surface area (Å²) in [5, 5.41) is 14.2. The predicted octanol–water partition coefficient (Wildman–Crippen LogP) is 3.61. The Labute approximate surface area is 162 Å². The van der Waals surface area contributed by atoms with Gasteiger partial charge in [0.05, 0.1) is 28.9 Å². The molecule has 0 aliphatic heterocycles. The number of non-ortho nitro benzene ring substituents is 1. The molecule has 0 aliphatic carbocycles. The van der Waals surface area contributed by atoms with E-state index < -0.39 is 4.92 Å². The maximum absolute atomic E-state index is 12.5. The standard InChI is InChI=1S/C20H22N4O4/c1-13(2)28-16-9-7-15(8-10-16)14(3)22-19(25)11-23-12-21-17-5-4-6-18(20(17)23)24(26)27/h4-10,12-14H,11H2,1-3H3,(H,22,25)/t14-/m0/s1. The summed E-state index contributed by atoms with van der Waals surface area (Å²) in [5.41, 5.74) is 1.68. The summed E-state index contributed by atoms with van der Waals surface area (Å²) >= 11 is 0. The molecule has 3 rings (SSSR count). The third-order valence-corrected chi connectivity index (χ3v) is 4.26. The molecule has 2 aromatic carbocycles. The molecule has 0 saturated carbocycles. The summed E-state index contributed by atoms with van der Waals surface area (Å²) < 4.78 is 7.11. The van der Waals surface area contributed by atoms with Gasteiger partial charge in [0.1, 0.15) is 17.8 Å². The van der Waals surface area contributed by atoms with Crippen LogP contribution in [0.3, 0.4) is 0 Å². The van der Waals surface area contributed by atoms with Crippen LogP contribution < -0.4 is 10.1 Å². The smallest absolute Gasteiger partial charge is 0.295 e. The van der Waals surface area contributed by atoms with Crippen LogP contribution in [0.5, 0.6) is 5.75 Å². The fourth-order valence-electron chi connectivity index (χ4n) is 3.01. The van der Waals surface area contributed by atoms with Gasteiger partial charge in [-0.25, -0.2) is 4.98 Å². The van der Waals surface area contributed by atoms with Gasteiger partial charge in [0.15, 0.2) is 0 Å². The number of aromatic nitrogens is 2. The zero-order chi connectivity index (χ0) is 20.3. The van der Waals surface area contributed by atoms with Crippen molar-refractivity contribution in [3.8, 4) is 5.75 Å². The van der Waals surface area contributed by atoms with Crippen molar-refractivity contribution in [2.75, 3.05) is 0 Å². The number of amides is 1. The zero-order valence-corrected chi connectivity index (χ0v) is 16.0. The van der Waals surface area contributed by atoms with Crippen molar-refractivity contribution in [2.24, 2.45) is 0 Å². The second kappa shape index (κ2) is 8.08. The summed E-state index contributed by atoms with van der Waals surface area (Å²) in [6.07, 6.45) is 1.54. The van der Waals surface area contributed by atoms with Gasteiger partial charge in [-0.1, -0.05) is 18.2 Å². The van der Waals surface area contributed by atoms with Gasteiger partial charge in [-0.2, -0.15) is 0 Å². The van der Waals surface area contributed by atoms with Crippen LogP contribution in [-0.4, -0.2) is 26.5 Å². The van der Waals surface area contributed by atoms with Gasteiger partial charge in [-0.05, 0) is 44.5 Å². The van der Waals surface area contributed by atoms with Crippen LogP contribution in [0.1, 0.15) is 32.4 Å². The van der Waals surface area contributed by atoms with Crippen molar-refractivity contribution < 1.29 is 14.5 Å². The van der Waals surface area contributed by atoms with E-state index in [9.17, 15) is 14.9 Å². The van der Waals surface area contributed by atoms with Gasteiger partial charge in [0.2, 0.25) is 5.91 Å². The molecule has 1 aromatic heterocycles.